The standard InChI is InChI=1S/C11H10F2NO3/c1-6(5-15)14-11(17)10(16)9-7(12)3-2-4-8(9)13/h2-4,6,10,16H,1H3,(H,14,17)/t6-,10?/m0/s1. The van der Waals surface area contributed by atoms with Crippen LogP contribution in [0.1, 0.15) is 18.6 Å². The molecule has 6 heteroatoms. The summed E-state index contributed by atoms with van der Waals surface area (Å²) in [6.07, 6.45) is -0.557. The number of hydrogen-bond acceptors (Lipinski definition) is 3. The van der Waals surface area contributed by atoms with Crippen molar-refractivity contribution in [1.82, 2.24) is 5.32 Å². The topological polar surface area (TPSA) is 66.4 Å². The van der Waals surface area contributed by atoms with E-state index in [0.29, 0.717) is 0 Å². The van der Waals surface area contributed by atoms with Crippen molar-refractivity contribution in [3.05, 3.63) is 35.4 Å². The molecular weight excluding hydrogens is 232 g/mol. The lowest BCUT2D eigenvalue weighted by Crippen LogP contribution is -2.37. The van der Waals surface area contributed by atoms with Gasteiger partial charge in [0.2, 0.25) is 6.29 Å². The first-order chi connectivity index (χ1) is 7.97. The number of aliphatic hydroxyl groups excluding tert-OH is 1. The van der Waals surface area contributed by atoms with Gasteiger partial charge in [-0.25, -0.2) is 8.78 Å². The maximum Gasteiger partial charge on any atom is 0.254 e. The molecule has 1 radical (unpaired) electrons. The first-order valence-electron chi connectivity index (χ1n) is 4.77. The molecular formula is C11H10F2NO3. The molecule has 0 heterocycles. The van der Waals surface area contributed by atoms with Gasteiger partial charge in [-0.3, -0.25) is 9.59 Å². The summed E-state index contributed by atoms with van der Waals surface area (Å²) < 4.78 is 26.4. The molecule has 0 saturated heterocycles. The lowest BCUT2D eigenvalue weighted by molar-refractivity contribution is -0.130. The molecule has 1 aromatic rings. The summed E-state index contributed by atoms with van der Waals surface area (Å²) in [6.45, 7) is 1.31. The zero-order valence-electron chi connectivity index (χ0n) is 8.91. The molecule has 0 saturated carbocycles. The minimum absolute atomic E-state index is 0.747. The van der Waals surface area contributed by atoms with E-state index in [9.17, 15) is 23.5 Å². The molecule has 2 atom stereocenters. The van der Waals surface area contributed by atoms with Crippen LogP contribution in [0.15, 0.2) is 18.2 Å². The Labute approximate surface area is 96.3 Å². The Hall–Kier alpha value is -1.82. The van der Waals surface area contributed by atoms with E-state index in [1.807, 2.05) is 5.32 Å². The van der Waals surface area contributed by atoms with Crippen LogP contribution >= 0.6 is 0 Å². The van der Waals surface area contributed by atoms with Crippen LogP contribution in [0.3, 0.4) is 0 Å². The summed E-state index contributed by atoms with van der Waals surface area (Å²) in [5, 5.41) is 11.5. The molecule has 0 aliphatic carbocycles. The summed E-state index contributed by atoms with van der Waals surface area (Å²) in [6, 6.07) is 1.99. The SMILES string of the molecule is C[C@@H]([C]=O)NC(=O)C(O)c1c(F)cccc1F. The van der Waals surface area contributed by atoms with Crippen molar-refractivity contribution >= 4 is 12.2 Å². The Balaban J connectivity index is 2.92. The van der Waals surface area contributed by atoms with Gasteiger partial charge in [-0.15, -0.1) is 0 Å². The lowest BCUT2D eigenvalue weighted by atomic mass is 10.1. The van der Waals surface area contributed by atoms with E-state index in [-0.39, 0.29) is 0 Å². The Morgan fingerprint density at radius 3 is 2.41 bits per heavy atom. The number of rotatable bonds is 4. The van der Waals surface area contributed by atoms with E-state index in [2.05, 4.69) is 0 Å². The predicted molar refractivity (Wildman–Crippen MR) is 54.6 cm³/mol. The van der Waals surface area contributed by atoms with Crippen LogP contribution < -0.4 is 5.32 Å². The number of aliphatic hydroxyl groups is 1. The first-order valence-corrected chi connectivity index (χ1v) is 4.77. The average Bonchev–Trinajstić information content (AvgIpc) is 2.28. The number of amides is 1. The highest BCUT2D eigenvalue weighted by Crippen LogP contribution is 2.20. The van der Waals surface area contributed by atoms with Crippen molar-refractivity contribution in [3.63, 3.8) is 0 Å². The molecule has 2 N–H and O–H groups in total. The molecule has 91 valence electrons. The molecule has 0 aromatic heterocycles. The van der Waals surface area contributed by atoms with Crippen LogP contribution in [0.4, 0.5) is 8.78 Å². The van der Waals surface area contributed by atoms with E-state index in [1.165, 1.54) is 13.2 Å². The molecule has 0 aliphatic rings. The summed E-state index contributed by atoms with van der Waals surface area (Å²) in [4.78, 5) is 21.5. The van der Waals surface area contributed by atoms with E-state index >= 15 is 0 Å². The maximum atomic E-state index is 13.2. The number of carbonyl (C=O) groups excluding carboxylic acids is 2. The normalized spacial score (nSPS) is 13.9. The van der Waals surface area contributed by atoms with Gasteiger partial charge in [0.1, 0.15) is 11.6 Å². The molecule has 4 nitrogen and oxygen atoms in total. The van der Waals surface area contributed by atoms with Crippen LogP contribution in [-0.4, -0.2) is 23.3 Å². The van der Waals surface area contributed by atoms with Gasteiger partial charge >= 0.3 is 0 Å². The second kappa shape index (κ2) is 5.49. The highest BCUT2D eigenvalue weighted by atomic mass is 19.1. The monoisotopic (exact) mass is 242 g/mol. The number of carbonyl (C=O) groups is 1. The highest BCUT2D eigenvalue weighted by molar-refractivity contribution is 5.84. The number of halogens is 2. The second-order valence-corrected chi connectivity index (χ2v) is 3.39. The molecule has 1 rings (SSSR count). The van der Waals surface area contributed by atoms with E-state index in [1.54, 1.807) is 0 Å². The third kappa shape index (κ3) is 3.07. The largest absolute Gasteiger partial charge is 0.378 e. The summed E-state index contributed by atoms with van der Waals surface area (Å²) in [5.41, 5.74) is -0.747. The van der Waals surface area contributed by atoms with Crippen molar-refractivity contribution in [1.29, 1.82) is 0 Å². The third-order valence-corrected chi connectivity index (χ3v) is 2.06. The van der Waals surface area contributed by atoms with Gasteiger partial charge in [-0.2, -0.15) is 0 Å². The number of hydrogen-bond donors (Lipinski definition) is 2. The molecule has 1 unspecified atom stereocenters. The third-order valence-electron chi connectivity index (χ3n) is 2.06. The van der Waals surface area contributed by atoms with Crippen molar-refractivity contribution in [2.24, 2.45) is 0 Å². The number of nitrogens with one attached hydrogen (secondary N) is 1. The molecule has 17 heavy (non-hydrogen) atoms. The Morgan fingerprint density at radius 2 is 1.94 bits per heavy atom. The van der Waals surface area contributed by atoms with Crippen LogP contribution in [0, 0.1) is 11.6 Å². The van der Waals surface area contributed by atoms with Crippen LogP contribution in [0.2, 0.25) is 0 Å². The Morgan fingerprint density at radius 1 is 1.41 bits per heavy atom. The minimum atomic E-state index is -2.01. The van der Waals surface area contributed by atoms with Gasteiger partial charge < -0.3 is 10.4 Å². The zero-order chi connectivity index (χ0) is 13.0. The van der Waals surface area contributed by atoms with E-state index in [0.717, 1.165) is 18.2 Å². The molecule has 1 amide bonds. The Kier molecular flexibility index (Phi) is 4.28. The van der Waals surface area contributed by atoms with Gasteiger partial charge in [0.25, 0.3) is 5.91 Å². The number of benzene rings is 1. The van der Waals surface area contributed by atoms with Gasteiger partial charge in [-0.05, 0) is 19.1 Å². The molecule has 0 bridgehead atoms. The van der Waals surface area contributed by atoms with Crippen molar-refractivity contribution in [2.45, 2.75) is 19.1 Å². The van der Waals surface area contributed by atoms with Gasteiger partial charge in [0.15, 0.2) is 6.10 Å². The fraction of sp³-hybridized carbons (Fsp3) is 0.273. The van der Waals surface area contributed by atoms with Gasteiger partial charge in [0, 0.05) is 0 Å². The molecule has 1 aromatic carbocycles. The fourth-order valence-electron chi connectivity index (χ4n) is 1.22. The van der Waals surface area contributed by atoms with Gasteiger partial charge in [-0.1, -0.05) is 6.07 Å². The first kappa shape index (κ1) is 13.2. The van der Waals surface area contributed by atoms with Crippen molar-refractivity contribution < 1.29 is 23.5 Å². The molecule has 0 fully saturated rings. The Bertz CT molecular complexity index is 416. The minimum Gasteiger partial charge on any atom is -0.378 e. The van der Waals surface area contributed by atoms with Crippen LogP contribution in [-0.2, 0) is 9.59 Å². The highest BCUT2D eigenvalue weighted by Gasteiger charge is 2.25. The quantitative estimate of drug-likeness (QED) is 0.813. The van der Waals surface area contributed by atoms with E-state index < -0.39 is 35.3 Å². The smallest absolute Gasteiger partial charge is 0.254 e. The van der Waals surface area contributed by atoms with Gasteiger partial charge in [0.05, 0.1) is 11.6 Å². The van der Waals surface area contributed by atoms with Crippen molar-refractivity contribution in [2.75, 3.05) is 0 Å². The maximum absolute atomic E-state index is 13.2. The van der Waals surface area contributed by atoms with Crippen LogP contribution in [0.5, 0.6) is 0 Å². The average molecular weight is 242 g/mol. The second-order valence-electron chi connectivity index (χ2n) is 3.39. The lowest BCUT2D eigenvalue weighted by Gasteiger charge is -2.14. The molecule has 0 aliphatic heterocycles. The summed E-state index contributed by atoms with van der Waals surface area (Å²) in [7, 11) is 0. The fourth-order valence-corrected chi connectivity index (χ4v) is 1.22. The predicted octanol–water partition coefficient (Wildman–Crippen LogP) is 0.613. The van der Waals surface area contributed by atoms with E-state index in [4.69, 9.17) is 0 Å². The molecule has 0 spiro atoms. The zero-order valence-corrected chi connectivity index (χ0v) is 8.91. The van der Waals surface area contributed by atoms with Crippen molar-refractivity contribution in [3.8, 4) is 0 Å². The summed E-state index contributed by atoms with van der Waals surface area (Å²) >= 11 is 0. The summed E-state index contributed by atoms with van der Waals surface area (Å²) in [5.74, 6) is -3.13. The van der Waals surface area contributed by atoms with Crippen LogP contribution in [0.25, 0.3) is 0 Å².